The number of nitrogens with one attached hydrogen (secondary N) is 2. The van der Waals surface area contributed by atoms with Gasteiger partial charge >= 0.3 is 0 Å². The van der Waals surface area contributed by atoms with Gasteiger partial charge in [-0.15, -0.1) is 0 Å². The number of nitrogens with two attached hydrogens (primary N) is 1. The predicted molar refractivity (Wildman–Crippen MR) is 106 cm³/mol. The summed E-state index contributed by atoms with van der Waals surface area (Å²) in [6.07, 6.45) is 6.31. The Morgan fingerprint density at radius 2 is 2.12 bits per heavy atom. The summed E-state index contributed by atoms with van der Waals surface area (Å²) in [5, 5.41) is 2.98. The van der Waals surface area contributed by atoms with Gasteiger partial charge in [0.05, 0.1) is 11.0 Å². The number of carbonyl (C=O) groups excluding carboxylic acids is 1. The van der Waals surface area contributed by atoms with Crippen molar-refractivity contribution in [3.8, 4) is 0 Å². The molecule has 5 nitrogen and oxygen atoms in total. The molecule has 2 heterocycles. The summed E-state index contributed by atoms with van der Waals surface area (Å²) >= 11 is 0. The van der Waals surface area contributed by atoms with Crippen LogP contribution < -0.4 is 11.1 Å². The number of carbonyl (C=O) groups is 1. The molecule has 0 bridgehead atoms. The van der Waals surface area contributed by atoms with Crippen LogP contribution in [0.5, 0.6) is 0 Å². The minimum absolute atomic E-state index is 0.0544. The first-order valence-corrected chi connectivity index (χ1v) is 9.88. The maximum absolute atomic E-state index is 12.4. The van der Waals surface area contributed by atoms with Crippen molar-refractivity contribution < 1.29 is 4.79 Å². The van der Waals surface area contributed by atoms with Gasteiger partial charge in [0.15, 0.2) is 0 Å². The number of aromatic nitrogens is 2. The first-order chi connectivity index (χ1) is 12.4. The van der Waals surface area contributed by atoms with Gasteiger partial charge in [0.1, 0.15) is 5.69 Å². The number of amides is 1. The monoisotopic (exact) mass is 356 g/mol. The Morgan fingerprint density at radius 3 is 2.85 bits per heavy atom. The van der Waals surface area contributed by atoms with Crippen LogP contribution in [0.1, 0.15) is 68.2 Å². The Kier molecular flexibility index (Phi) is 5.66. The molecule has 4 N–H and O–H groups in total. The fourth-order valence-electron chi connectivity index (χ4n) is 3.81. The summed E-state index contributed by atoms with van der Waals surface area (Å²) in [5.74, 6) is 0.627. The van der Waals surface area contributed by atoms with Gasteiger partial charge < -0.3 is 16.0 Å². The van der Waals surface area contributed by atoms with Gasteiger partial charge in [-0.05, 0) is 67.7 Å². The Hall–Kier alpha value is -1.88. The fourth-order valence-corrected chi connectivity index (χ4v) is 3.81. The molecule has 142 valence electrons. The fraction of sp³-hybridized carbons (Fsp3) is 0.619. The number of nitrogens with zero attached hydrogens (tertiary/aromatic N) is 1. The van der Waals surface area contributed by atoms with Crippen LogP contribution in [-0.4, -0.2) is 29.0 Å². The van der Waals surface area contributed by atoms with Crippen LogP contribution in [0.25, 0.3) is 11.0 Å². The van der Waals surface area contributed by atoms with E-state index in [2.05, 4.69) is 37.1 Å². The third-order valence-corrected chi connectivity index (χ3v) is 5.60. The molecule has 2 aromatic rings. The van der Waals surface area contributed by atoms with Crippen molar-refractivity contribution in [1.29, 1.82) is 0 Å². The Morgan fingerprint density at radius 1 is 1.31 bits per heavy atom. The zero-order valence-corrected chi connectivity index (χ0v) is 16.3. The average Bonchev–Trinajstić information content (AvgIpc) is 3.01. The number of fused-ring (bicyclic) bond motifs is 2. The van der Waals surface area contributed by atoms with Crippen molar-refractivity contribution in [2.75, 3.05) is 13.1 Å². The van der Waals surface area contributed by atoms with Crippen molar-refractivity contribution >= 4 is 16.9 Å². The van der Waals surface area contributed by atoms with E-state index in [9.17, 15) is 4.79 Å². The second-order valence-corrected chi connectivity index (χ2v) is 8.62. The standard InChI is InChI=1S/C21H32N4O/c1-21(2,3)15-7-8-16-14(11-15)12-17-18(24-16)13-19(25-17)20(26)23-10-6-4-5-9-22/h12-13,15,25H,4-11,22H2,1-3H3,(H,23,26). The van der Waals surface area contributed by atoms with Crippen LogP contribution >= 0.6 is 0 Å². The lowest BCUT2D eigenvalue weighted by molar-refractivity contribution is 0.0949. The van der Waals surface area contributed by atoms with Crippen molar-refractivity contribution in [3.63, 3.8) is 0 Å². The van der Waals surface area contributed by atoms with Crippen LogP contribution in [-0.2, 0) is 12.8 Å². The zero-order valence-electron chi connectivity index (χ0n) is 16.3. The molecule has 0 radical (unpaired) electrons. The van der Waals surface area contributed by atoms with Gasteiger partial charge in [0, 0.05) is 12.2 Å². The van der Waals surface area contributed by atoms with E-state index in [0.717, 1.165) is 43.1 Å². The van der Waals surface area contributed by atoms with Crippen LogP contribution in [0.2, 0.25) is 0 Å². The van der Waals surface area contributed by atoms with Crippen molar-refractivity contribution in [2.45, 2.75) is 59.3 Å². The van der Waals surface area contributed by atoms with Gasteiger partial charge in [0.25, 0.3) is 5.91 Å². The molecule has 5 heteroatoms. The van der Waals surface area contributed by atoms with Gasteiger partial charge in [-0.1, -0.05) is 27.2 Å². The molecule has 1 aliphatic rings. The highest BCUT2D eigenvalue weighted by Crippen LogP contribution is 2.37. The van der Waals surface area contributed by atoms with Gasteiger partial charge in [-0.25, -0.2) is 0 Å². The third-order valence-electron chi connectivity index (χ3n) is 5.60. The second kappa shape index (κ2) is 7.78. The molecular weight excluding hydrogens is 324 g/mol. The van der Waals surface area contributed by atoms with Crippen molar-refractivity contribution in [3.05, 3.63) is 29.1 Å². The molecule has 1 aliphatic carbocycles. The second-order valence-electron chi connectivity index (χ2n) is 8.62. The predicted octanol–water partition coefficient (Wildman–Crippen LogP) is 3.57. The number of aryl methyl sites for hydroxylation is 1. The van der Waals surface area contributed by atoms with E-state index in [1.165, 1.54) is 17.7 Å². The molecule has 0 spiro atoms. The summed E-state index contributed by atoms with van der Waals surface area (Å²) in [5.41, 5.74) is 10.8. The molecule has 1 atom stereocenters. The number of hydrogen-bond donors (Lipinski definition) is 3. The molecule has 0 aromatic carbocycles. The molecule has 0 saturated heterocycles. The highest BCUT2D eigenvalue weighted by atomic mass is 16.1. The maximum atomic E-state index is 12.4. The van der Waals surface area contributed by atoms with E-state index >= 15 is 0 Å². The maximum Gasteiger partial charge on any atom is 0.267 e. The molecule has 1 unspecified atom stereocenters. The summed E-state index contributed by atoms with van der Waals surface area (Å²) in [4.78, 5) is 20.4. The topological polar surface area (TPSA) is 83.8 Å². The minimum atomic E-state index is -0.0544. The molecular formula is C21H32N4O. The van der Waals surface area contributed by atoms with Gasteiger partial charge in [-0.2, -0.15) is 0 Å². The molecule has 0 saturated carbocycles. The van der Waals surface area contributed by atoms with Crippen molar-refractivity contribution in [1.82, 2.24) is 15.3 Å². The SMILES string of the molecule is CC(C)(C)C1CCc2nc3cc(C(=O)NCCCCCN)[nH]c3cc2C1. The quantitative estimate of drug-likeness (QED) is 0.692. The average molecular weight is 357 g/mol. The van der Waals surface area contributed by atoms with Crippen LogP contribution in [0.4, 0.5) is 0 Å². The number of rotatable bonds is 6. The summed E-state index contributed by atoms with van der Waals surface area (Å²) in [6, 6.07) is 4.08. The van der Waals surface area contributed by atoms with Crippen LogP contribution in [0.3, 0.4) is 0 Å². The number of pyridine rings is 1. The van der Waals surface area contributed by atoms with Gasteiger partial charge in [-0.3, -0.25) is 9.78 Å². The van der Waals surface area contributed by atoms with E-state index in [4.69, 9.17) is 10.7 Å². The van der Waals surface area contributed by atoms with Gasteiger partial charge in [0.2, 0.25) is 0 Å². The lowest BCUT2D eigenvalue weighted by atomic mass is 9.71. The smallest absolute Gasteiger partial charge is 0.267 e. The first kappa shape index (κ1) is 18.9. The van der Waals surface area contributed by atoms with E-state index in [-0.39, 0.29) is 5.91 Å². The lowest BCUT2D eigenvalue weighted by Gasteiger charge is -2.34. The largest absolute Gasteiger partial charge is 0.351 e. The first-order valence-electron chi connectivity index (χ1n) is 9.88. The molecule has 1 amide bonds. The minimum Gasteiger partial charge on any atom is -0.351 e. The molecule has 0 fully saturated rings. The molecule has 3 rings (SSSR count). The molecule has 2 aromatic heterocycles. The number of aromatic amines is 1. The molecule has 26 heavy (non-hydrogen) atoms. The van der Waals surface area contributed by atoms with E-state index in [0.29, 0.717) is 30.1 Å². The normalized spacial score (nSPS) is 17.3. The lowest BCUT2D eigenvalue weighted by Crippen LogP contribution is -2.27. The Bertz CT molecular complexity index is 772. The summed E-state index contributed by atoms with van der Waals surface area (Å²) in [6.45, 7) is 8.35. The Labute approximate surface area is 156 Å². The number of H-pyrrole nitrogens is 1. The number of hydrogen-bond acceptors (Lipinski definition) is 3. The van der Waals surface area contributed by atoms with Crippen molar-refractivity contribution in [2.24, 2.45) is 17.1 Å². The summed E-state index contributed by atoms with van der Waals surface area (Å²) < 4.78 is 0. The Balaban J connectivity index is 1.71. The highest BCUT2D eigenvalue weighted by molar-refractivity contribution is 5.97. The zero-order chi connectivity index (χ0) is 18.7. The van der Waals surface area contributed by atoms with Crippen LogP contribution in [0.15, 0.2) is 12.1 Å². The van der Waals surface area contributed by atoms with Crippen LogP contribution in [0, 0.1) is 11.3 Å². The highest BCUT2D eigenvalue weighted by Gasteiger charge is 2.29. The summed E-state index contributed by atoms with van der Waals surface area (Å²) in [7, 11) is 0. The van der Waals surface area contributed by atoms with E-state index in [1.807, 2.05) is 6.07 Å². The number of unbranched alkanes of at least 4 members (excludes halogenated alkanes) is 2. The van der Waals surface area contributed by atoms with E-state index in [1.54, 1.807) is 0 Å². The molecule has 0 aliphatic heterocycles. The van der Waals surface area contributed by atoms with E-state index < -0.39 is 0 Å². The third kappa shape index (κ3) is 4.26.